The van der Waals surface area contributed by atoms with Crippen LogP contribution in [-0.4, -0.2) is 39.5 Å². The average molecular weight is 364 g/mol. The Morgan fingerprint density at radius 1 is 1.36 bits per heavy atom. The Morgan fingerprint density at radius 2 is 2.04 bits per heavy atom. The Morgan fingerprint density at radius 3 is 2.64 bits per heavy atom. The first-order valence-corrected chi connectivity index (χ1v) is 8.63. The number of aromatic nitrogens is 1. The second kappa shape index (κ2) is 7.18. The Balaban J connectivity index is 1.69. The molecule has 1 N–H and O–H groups in total. The van der Waals surface area contributed by atoms with Gasteiger partial charge in [0.2, 0.25) is 0 Å². The van der Waals surface area contributed by atoms with E-state index < -0.39 is 5.97 Å². The Labute approximate surface area is 147 Å². The zero-order chi connectivity index (χ0) is 18.0. The molecule has 25 heavy (non-hydrogen) atoms. The number of carbonyl (C=O) groups excluding carboxylic acids is 1. The lowest BCUT2D eigenvalue weighted by Crippen LogP contribution is -2.37. The van der Waals surface area contributed by atoms with Gasteiger partial charge in [0.05, 0.1) is 5.69 Å². The van der Waals surface area contributed by atoms with E-state index in [1.54, 1.807) is 6.92 Å². The highest BCUT2D eigenvalue weighted by Crippen LogP contribution is 2.30. The van der Waals surface area contributed by atoms with Crippen LogP contribution in [0.2, 0.25) is 0 Å². The van der Waals surface area contributed by atoms with Crippen LogP contribution in [0.25, 0.3) is 0 Å². The molecular formula is C17H17FN2O4S. The van der Waals surface area contributed by atoms with Crippen molar-refractivity contribution in [3.05, 3.63) is 45.7 Å². The molecule has 1 aromatic carbocycles. The molecule has 0 unspecified atom stereocenters. The number of carboxylic acid groups (broad SMARTS) is 1. The Kier molecular flexibility index (Phi) is 4.98. The van der Waals surface area contributed by atoms with E-state index >= 15 is 0 Å². The minimum absolute atomic E-state index is 0.00372. The fourth-order valence-corrected chi connectivity index (χ4v) is 3.35. The molecule has 3 rings (SSSR count). The number of rotatable bonds is 7. The Bertz CT molecular complexity index is 786. The molecule has 1 aliphatic carbocycles. The van der Waals surface area contributed by atoms with Gasteiger partial charge in [0.15, 0.2) is 0 Å². The van der Waals surface area contributed by atoms with Crippen molar-refractivity contribution >= 4 is 23.2 Å². The maximum atomic E-state index is 12.9. The predicted molar refractivity (Wildman–Crippen MR) is 89.3 cm³/mol. The van der Waals surface area contributed by atoms with E-state index in [1.807, 2.05) is 0 Å². The van der Waals surface area contributed by atoms with Gasteiger partial charge in [-0.25, -0.2) is 9.37 Å². The first-order valence-electron chi connectivity index (χ1n) is 7.81. The maximum absolute atomic E-state index is 12.9. The molecule has 2 aromatic rings. The number of amides is 1. The van der Waals surface area contributed by atoms with Crippen LogP contribution in [0.15, 0.2) is 24.3 Å². The van der Waals surface area contributed by atoms with Crippen LogP contribution in [0.4, 0.5) is 4.39 Å². The molecular weight excluding hydrogens is 347 g/mol. The van der Waals surface area contributed by atoms with Gasteiger partial charge in [-0.05, 0) is 44.0 Å². The van der Waals surface area contributed by atoms with Crippen LogP contribution in [0, 0.1) is 12.7 Å². The standard InChI is InChI=1S/C17H17FN2O4S/c1-10-16(17(23)20(8-15(21)22)12-4-5-12)25-14(19-10)9-24-13-6-2-11(18)3-7-13/h2-3,6-7,12H,4-5,8-9H2,1H3,(H,21,22). The topological polar surface area (TPSA) is 79.7 Å². The van der Waals surface area contributed by atoms with Gasteiger partial charge in [-0.2, -0.15) is 0 Å². The molecule has 132 valence electrons. The number of ether oxygens (including phenoxy) is 1. The summed E-state index contributed by atoms with van der Waals surface area (Å²) in [5, 5.41) is 9.62. The lowest BCUT2D eigenvalue weighted by Gasteiger charge is -2.19. The number of hydrogen-bond donors (Lipinski definition) is 1. The number of aliphatic carboxylic acids is 1. The van der Waals surface area contributed by atoms with Gasteiger partial charge in [-0.1, -0.05) is 0 Å². The van der Waals surface area contributed by atoms with Gasteiger partial charge < -0.3 is 14.7 Å². The minimum atomic E-state index is -1.03. The summed E-state index contributed by atoms with van der Waals surface area (Å²) in [5.74, 6) is -1.16. The smallest absolute Gasteiger partial charge is 0.323 e. The van der Waals surface area contributed by atoms with Crippen molar-refractivity contribution in [3.63, 3.8) is 0 Å². The zero-order valence-corrected chi connectivity index (χ0v) is 14.4. The van der Waals surface area contributed by atoms with Crippen molar-refractivity contribution in [2.75, 3.05) is 6.54 Å². The van der Waals surface area contributed by atoms with Gasteiger partial charge in [0, 0.05) is 6.04 Å². The summed E-state index contributed by atoms with van der Waals surface area (Å²) in [5.41, 5.74) is 0.559. The van der Waals surface area contributed by atoms with Crippen LogP contribution in [-0.2, 0) is 11.4 Å². The molecule has 1 heterocycles. The molecule has 0 bridgehead atoms. The highest BCUT2D eigenvalue weighted by Gasteiger charge is 2.35. The van der Waals surface area contributed by atoms with Gasteiger partial charge in [0.1, 0.15) is 34.6 Å². The number of hydrogen-bond acceptors (Lipinski definition) is 5. The van der Waals surface area contributed by atoms with Crippen LogP contribution in [0.5, 0.6) is 5.75 Å². The molecule has 0 saturated heterocycles. The van der Waals surface area contributed by atoms with E-state index in [1.165, 1.54) is 40.5 Å². The van der Waals surface area contributed by atoms with Crippen molar-refractivity contribution in [2.24, 2.45) is 0 Å². The SMILES string of the molecule is Cc1nc(COc2ccc(F)cc2)sc1C(=O)N(CC(=O)O)C1CC1. The molecule has 6 nitrogen and oxygen atoms in total. The molecule has 8 heteroatoms. The summed E-state index contributed by atoms with van der Waals surface area (Å²) in [6.07, 6.45) is 1.66. The first kappa shape index (κ1) is 17.3. The second-order valence-corrected chi connectivity index (χ2v) is 6.91. The second-order valence-electron chi connectivity index (χ2n) is 5.82. The normalized spacial score (nSPS) is 13.5. The third kappa shape index (κ3) is 4.33. The maximum Gasteiger partial charge on any atom is 0.323 e. The molecule has 1 aliphatic rings. The summed E-state index contributed by atoms with van der Waals surface area (Å²) in [7, 11) is 0. The van der Waals surface area contributed by atoms with Crippen LogP contribution in [0.1, 0.15) is 33.2 Å². The molecule has 0 aliphatic heterocycles. The minimum Gasteiger partial charge on any atom is -0.486 e. The monoisotopic (exact) mass is 364 g/mol. The third-order valence-electron chi connectivity index (χ3n) is 3.77. The number of carbonyl (C=O) groups is 2. The molecule has 0 atom stereocenters. The summed E-state index contributed by atoms with van der Waals surface area (Å²) in [4.78, 5) is 29.8. The summed E-state index contributed by atoms with van der Waals surface area (Å²) in [6.45, 7) is 1.58. The van der Waals surface area contributed by atoms with E-state index in [4.69, 9.17) is 9.84 Å². The summed E-state index contributed by atoms with van der Waals surface area (Å²) in [6, 6.07) is 5.64. The average Bonchev–Trinajstić information content (AvgIpc) is 3.34. The van der Waals surface area contributed by atoms with Gasteiger partial charge in [0.25, 0.3) is 5.91 Å². The number of nitrogens with zero attached hydrogens (tertiary/aromatic N) is 2. The van der Waals surface area contributed by atoms with Crippen LogP contribution < -0.4 is 4.74 Å². The number of aryl methyl sites for hydroxylation is 1. The molecule has 0 spiro atoms. The fourth-order valence-electron chi connectivity index (χ4n) is 2.42. The first-order chi connectivity index (χ1) is 11.9. The van der Waals surface area contributed by atoms with Crippen LogP contribution in [0.3, 0.4) is 0 Å². The van der Waals surface area contributed by atoms with E-state index in [9.17, 15) is 14.0 Å². The largest absolute Gasteiger partial charge is 0.486 e. The van der Waals surface area contributed by atoms with Gasteiger partial charge in [-0.15, -0.1) is 11.3 Å². The predicted octanol–water partition coefficient (Wildman–Crippen LogP) is 2.86. The van der Waals surface area contributed by atoms with Gasteiger partial charge >= 0.3 is 5.97 Å². The lowest BCUT2D eigenvalue weighted by molar-refractivity contribution is -0.137. The van der Waals surface area contributed by atoms with Crippen molar-refractivity contribution in [2.45, 2.75) is 32.4 Å². The molecule has 1 aromatic heterocycles. The quantitative estimate of drug-likeness (QED) is 0.817. The van der Waals surface area contributed by atoms with Crippen LogP contribution >= 0.6 is 11.3 Å². The highest BCUT2D eigenvalue weighted by atomic mass is 32.1. The molecule has 0 radical (unpaired) electrons. The van der Waals surface area contributed by atoms with Crippen molar-refractivity contribution in [1.29, 1.82) is 0 Å². The lowest BCUT2D eigenvalue weighted by atomic mass is 10.3. The van der Waals surface area contributed by atoms with Crippen molar-refractivity contribution in [3.8, 4) is 5.75 Å². The van der Waals surface area contributed by atoms with Gasteiger partial charge in [-0.3, -0.25) is 9.59 Å². The zero-order valence-electron chi connectivity index (χ0n) is 13.6. The summed E-state index contributed by atoms with van der Waals surface area (Å²) >= 11 is 1.20. The van der Waals surface area contributed by atoms with E-state index in [0.29, 0.717) is 21.3 Å². The van der Waals surface area contributed by atoms with E-state index in [2.05, 4.69) is 4.98 Å². The summed E-state index contributed by atoms with van der Waals surface area (Å²) < 4.78 is 18.4. The molecule has 1 amide bonds. The van der Waals surface area contributed by atoms with E-state index in [0.717, 1.165) is 12.8 Å². The molecule has 1 fully saturated rings. The highest BCUT2D eigenvalue weighted by molar-refractivity contribution is 7.13. The van der Waals surface area contributed by atoms with Crippen molar-refractivity contribution in [1.82, 2.24) is 9.88 Å². The fraction of sp³-hybridized carbons (Fsp3) is 0.353. The number of thiazole rings is 1. The van der Waals surface area contributed by atoms with Crippen molar-refractivity contribution < 1.29 is 23.8 Å². The number of carboxylic acids is 1. The Hall–Kier alpha value is -2.48. The molecule has 1 saturated carbocycles. The van der Waals surface area contributed by atoms with E-state index in [-0.39, 0.29) is 30.9 Å². The number of halogens is 1. The third-order valence-corrected chi connectivity index (χ3v) is 4.88. The number of benzene rings is 1.